The molecule has 0 aromatic heterocycles. The fourth-order valence-electron chi connectivity index (χ4n) is 1.62. The van der Waals surface area contributed by atoms with Crippen LogP contribution in [0.1, 0.15) is 39.5 Å². The van der Waals surface area contributed by atoms with E-state index >= 15 is 0 Å². The predicted molar refractivity (Wildman–Crippen MR) is 45.1 cm³/mol. The van der Waals surface area contributed by atoms with Crippen LogP contribution in [-0.4, -0.2) is 12.6 Å². The Labute approximate surface area is 64.2 Å². The molecule has 1 fully saturated rings. The lowest BCUT2D eigenvalue weighted by Gasteiger charge is -2.12. The summed E-state index contributed by atoms with van der Waals surface area (Å²) in [6, 6.07) is 0.667. The first kappa shape index (κ1) is 8.06. The number of nitrogens with one attached hydrogen (secondary N) is 1. The zero-order valence-electron chi connectivity index (χ0n) is 7.19. The maximum atomic E-state index is 3.49. The van der Waals surface area contributed by atoms with E-state index < -0.39 is 0 Å². The van der Waals surface area contributed by atoms with Gasteiger partial charge in [0.25, 0.3) is 0 Å². The van der Waals surface area contributed by atoms with Crippen molar-refractivity contribution < 1.29 is 0 Å². The number of rotatable bonds is 3. The van der Waals surface area contributed by atoms with Crippen LogP contribution in [0.25, 0.3) is 0 Å². The molecule has 0 atom stereocenters. The molecule has 0 radical (unpaired) electrons. The van der Waals surface area contributed by atoms with Crippen LogP contribution in [0, 0.1) is 5.92 Å². The Bertz CT molecular complexity index is 82.7. The highest BCUT2D eigenvalue weighted by atomic mass is 14.9. The summed E-state index contributed by atoms with van der Waals surface area (Å²) in [5.41, 5.74) is 0. The van der Waals surface area contributed by atoms with Crippen molar-refractivity contribution in [2.24, 2.45) is 5.92 Å². The van der Waals surface area contributed by atoms with Crippen LogP contribution >= 0.6 is 0 Å². The zero-order valence-corrected chi connectivity index (χ0v) is 7.19. The van der Waals surface area contributed by atoms with Gasteiger partial charge in [0.15, 0.2) is 0 Å². The van der Waals surface area contributed by atoms with Gasteiger partial charge in [-0.05, 0) is 25.3 Å². The van der Waals surface area contributed by atoms with Crippen molar-refractivity contribution in [1.82, 2.24) is 5.32 Å². The second-order valence-electron chi connectivity index (χ2n) is 3.71. The van der Waals surface area contributed by atoms with E-state index in [0.29, 0.717) is 6.04 Å². The van der Waals surface area contributed by atoms with Gasteiger partial charge in [0, 0.05) is 6.04 Å². The molecule has 1 aliphatic carbocycles. The van der Waals surface area contributed by atoms with E-state index in [-0.39, 0.29) is 0 Å². The summed E-state index contributed by atoms with van der Waals surface area (Å²) in [5, 5.41) is 3.49. The van der Waals surface area contributed by atoms with E-state index in [4.69, 9.17) is 0 Å². The highest BCUT2D eigenvalue weighted by molar-refractivity contribution is 4.70. The standard InChI is InChI=1S/C9H19N/c1-8(2)10-7-9-5-3-4-6-9/h8-10H,3-7H2,1-2H3. The summed E-state index contributed by atoms with van der Waals surface area (Å²) in [6.07, 6.45) is 5.84. The largest absolute Gasteiger partial charge is 0.314 e. The summed E-state index contributed by atoms with van der Waals surface area (Å²) in [7, 11) is 0. The van der Waals surface area contributed by atoms with Gasteiger partial charge in [0.1, 0.15) is 0 Å². The van der Waals surface area contributed by atoms with Crippen molar-refractivity contribution in [3.05, 3.63) is 0 Å². The molecule has 0 aliphatic heterocycles. The molecule has 1 aliphatic rings. The molecule has 0 aromatic carbocycles. The lowest BCUT2D eigenvalue weighted by molar-refractivity contribution is 0.459. The minimum Gasteiger partial charge on any atom is -0.314 e. The first-order chi connectivity index (χ1) is 4.79. The minimum absolute atomic E-state index is 0.667. The molecule has 1 N–H and O–H groups in total. The molecular weight excluding hydrogens is 122 g/mol. The van der Waals surface area contributed by atoms with Gasteiger partial charge >= 0.3 is 0 Å². The Hall–Kier alpha value is -0.0400. The highest BCUT2D eigenvalue weighted by Crippen LogP contribution is 2.23. The van der Waals surface area contributed by atoms with Crippen LogP contribution in [0.2, 0.25) is 0 Å². The second-order valence-corrected chi connectivity index (χ2v) is 3.71. The minimum atomic E-state index is 0.667. The van der Waals surface area contributed by atoms with E-state index in [1.165, 1.54) is 32.2 Å². The topological polar surface area (TPSA) is 12.0 Å². The molecule has 10 heavy (non-hydrogen) atoms. The van der Waals surface area contributed by atoms with E-state index in [9.17, 15) is 0 Å². The third-order valence-electron chi connectivity index (χ3n) is 2.29. The lowest BCUT2D eigenvalue weighted by Crippen LogP contribution is -2.27. The third-order valence-corrected chi connectivity index (χ3v) is 2.29. The summed E-state index contributed by atoms with van der Waals surface area (Å²) in [4.78, 5) is 0. The molecule has 1 saturated carbocycles. The van der Waals surface area contributed by atoms with Gasteiger partial charge in [0.2, 0.25) is 0 Å². The molecular formula is C9H19N. The quantitative estimate of drug-likeness (QED) is 0.635. The molecule has 1 heteroatoms. The Morgan fingerprint density at radius 2 is 1.90 bits per heavy atom. The lowest BCUT2D eigenvalue weighted by atomic mass is 10.1. The number of hydrogen-bond acceptors (Lipinski definition) is 1. The summed E-state index contributed by atoms with van der Waals surface area (Å²) >= 11 is 0. The van der Waals surface area contributed by atoms with Crippen molar-refractivity contribution in [1.29, 1.82) is 0 Å². The van der Waals surface area contributed by atoms with Gasteiger partial charge in [-0.25, -0.2) is 0 Å². The summed E-state index contributed by atoms with van der Waals surface area (Å²) in [5.74, 6) is 0.988. The first-order valence-corrected chi connectivity index (χ1v) is 4.52. The van der Waals surface area contributed by atoms with Crippen molar-refractivity contribution in [3.8, 4) is 0 Å². The monoisotopic (exact) mass is 141 g/mol. The van der Waals surface area contributed by atoms with Gasteiger partial charge in [-0.2, -0.15) is 0 Å². The summed E-state index contributed by atoms with van der Waals surface area (Å²) in [6.45, 7) is 5.68. The molecule has 0 aromatic rings. The van der Waals surface area contributed by atoms with Crippen molar-refractivity contribution >= 4 is 0 Å². The first-order valence-electron chi connectivity index (χ1n) is 4.52. The van der Waals surface area contributed by atoms with Gasteiger partial charge in [-0.15, -0.1) is 0 Å². The van der Waals surface area contributed by atoms with Crippen molar-refractivity contribution in [2.75, 3.05) is 6.54 Å². The third kappa shape index (κ3) is 2.70. The molecule has 0 bridgehead atoms. The van der Waals surface area contributed by atoms with E-state index in [1.807, 2.05) is 0 Å². The van der Waals surface area contributed by atoms with E-state index in [2.05, 4.69) is 19.2 Å². The van der Waals surface area contributed by atoms with Gasteiger partial charge < -0.3 is 5.32 Å². The SMILES string of the molecule is CC(C)NCC1CCCC1. The fourth-order valence-corrected chi connectivity index (χ4v) is 1.62. The average molecular weight is 141 g/mol. The van der Waals surface area contributed by atoms with Crippen LogP contribution in [0.15, 0.2) is 0 Å². The van der Waals surface area contributed by atoms with Gasteiger partial charge in [0.05, 0.1) is 0 Å². The van der Waals surface area contributed by atoms with Crippen LogP contribution in [0.4, 0.5) is 0 Å². The Kier molecular flexibility index (Phi) is 3.20. The van der Waals surface area contributed by atoms with Crippen LogP contribution in [-0.2, 0) is 0 Å². The van der Waals surface area contributed by atoms with Crippen LogP contribution in [0.3, 0.4) is 0 Å². The van der Waals surface area contributed by atoms with E-state index in [0.717, 1.165) is 5.92 Å². The Balaban J connectivity index is 2.01. The molecule has 1 rings (SSSR count). The summed E-state index contributed by atoms with van der Waals surface area (Å²) < 4.78 is 0. The molecule has 0 unspecified atom stereocenters. The maximum absolute atomic E-state index is 3.49. The Morgan fingerprint density at radius 1 is 1.30 bits per heavy atom. The number of hydrogen-bond donors (Lipinski definition) is 1. The molecule has 0 amide bonds. The molecule has 0 spiro atoms. The smallest absolute Gasteiger partial charge is 0.00104 e. The molecule has 1 nitrogen and oxygen atoms in total. The molecule has 0 saturated heterocycles. The van der Waals surface area contributed by atoms with Gasteiger partial charge in [-0.1, -0.05) is 26.7 Å². The second kappa shape index (κ2) is 3.97. The maximum Gasteiger partial charge on any atom is 0.00104 e. The molecule has 60 valence electrons. The van der Waals surface area contributed by atoms with Crippen molar-refractivity contribution in [2.45, 2.75) is 45.6 Å². The van der Waals surface area contributed by atoms with Crippen molar-refractivity contribution in [3.63, 3.8) is 0 Å². The van der Waals surface area contributed by atoms with E-state index in [1.54, 1.807) is 0 Å². The Morgan fingerprint density at radius 3 is 2.40 bits per heavy atom. The molecule has 0 heterocycles. The van der Waals surface area contributed by atoms with Crippen LogP contribution in [0.5, 0.6) is 0 Å². The highest BCUT2D eigenvalue weighted by Gasteiger charge is 2.14. The van der Waals surface area contributed by atoms with Crippen LogP contribution < -0.4 is 5.32 Å². The fraction of sp³-hybridized carbons (Fsp3) is 1.00. The average Bonchev–Trinajstić information content (AvgIpc) is 2.34. The zero-order chi connectivity index (χ0) is 7.40. The normalized spacial score (nSPS) is 20.7. The predicted octanol–water partition coefficient (Wildman–Crippen LogP) is 2.17. The van der Waals surface area contributed by atoms with Gasteiger partial charge in [-0.3, -0.25) is 0 Å².